The van der Waals surface area contributed by atoms with Gasteiger partial charge in [-0.3, -0.25) is 0 Å². The standard InChI is InChI=1S/C10H11FO2/c1-10(13,5-6-12)8-3-2-4-9(11)7-8/h2-4,6-7,13H,5H2,1H3. The van der Waals surface area contributed by atoms with Crippen molar-refractivity contribution in [3.63, 3.8) is 0 Å². The topological polar surface area (TPSA) is 37.3 Å². The zero-order chi connectivity index (χ0) is 9.90. The summed E-state index contributed by atoms with van der Waals surface area (Å²) in [5, 5.41) is 9.71. The van der Waals surface area contributed by atoms with Crippen LogP contribution >= 0.6 is 0 Å². The molecule has 0 aliphatic carbocycles. The number of hydrogen-bond acceptors (Lipinski definition) is 2. The molecule has 1 rings (SSSR count). The van der Waals surface area contributed by atoms with Crippen LogP contribution in [0, 0.1) is 5.82 Å². The second-order valence-electron chi connectivity index (χ2n) is 3.15. The van der Waals surface area contributed by atoms with Crippen molar-refractivity contribution in [2.24, 2.45) is 0 Å². The Morgan fingerprint density at radius 2 is 2.31 bits per heavy atom. The van der Waals surface area contributed by atoms with Gasteiger partial charge < -0.3 is 9.90 Å². The number of rotatable bonds is 3. The Morgan fingerprint density at radius 3 is 2.85 bits per heavy atom. The van der Waals surface area contributed by atoms with Crippen molar-refractivity contribution in [2.45, 2.75) is 18.9 Å². The average Bonchev–Trinajstić information content (AvgIpc) is 2.04. The second kappa shape index (κ2) is 3.66. The van der Waals surface area contributed by atoms with Gasteiger partial charge in [-0.1, -0.05) is 12.1 Å². The summed E-state index contributed by atoms with van der Waals surface area (Å²) in [6, 6.07) is 5.61. The Morgan fingerprint density at radius 1 is 1.62 bits per heavy atom. The van der Waals surface area contributed by atoms with Crippen LogP contribution in [0.25, 0.3) is 0 Å². The normalized spacial score (nSPS) is 15.0. The molecule has 0 heterocycles. The maximum Gasteiger partial charge on any atom is 0.123 e. The quantitative estimate of drug-likeness (QED) is 0.721. The molecular formula is C10H11FO2. The minimum atomic E-state index is -1.27. The fourth-order valence-electron chi connectivity index (χ4n) is 1.10. The van der Waals surface area contributed by atoms with Crippen molar-refractivity contribution in [3.8, 4) is 0 Å². The van der Waals surface area contributed by atoms with Crippen molar-refractivity contribution in [1.82, 2.24) is 0 Å². The molecule has 1 unspecified atom stereocenters. The monoisotopic (exact) mass is 182 g/mol. The van der Waals surface area contributed by atoms with Gasteiger partial charge in [-0.25, -0.2) is 4.39 Å². The van der Waals surface area contributed by atoms with Gasteiger partial charge in [0, 0.05) is 6.42 Å². The molecule has 0 fully saturated rings. The molecule has 3 heteroatoms. The van der Waals surface area contributed by atoms with Crippen molar-refractivity contribution < 1.29 is 14.3 Å². The summed E-state index contributed by atoms with van der Waals surface area (Å²) in [5.74, 6) is -0.413. The Bertz CT molecular complexity index is 308. The van der Waals surface area contributed by atoms with Gasteiger partial charge in [0.15, 0.2) is 0 Å². The number of aldehydes is 1. The molecule has 1 atom stereocenters. The molecular weight excluding hydrogens is 171 g/mol. The Kier molecular flexibility index (Phi) is 2.78. The second-order valence-corrected chi connectivity index (χ2v) is 3.15. The first-order valence-corrected chi connectivity index (χ1v) is 3.98. The van der Waals surface area contributed by atoms with E-state index in [0.29, 0.717) is 11.8 Å². The van der Waals surface area contributed by atoms with E-state index < -0.39 is 11.4 Å². The molecule has 0 saturated carbocycles. The Hall–Kier alpha value is -1.22. The summed E-state index contributed by atoms with van der Waals surface area (Å²) in [7, 11) is 0. The summed E-state index contributed by atoms with van der Waals surface area (Å²) in [5.41, 5.74) is -0.858. The summed E-state index contributed by atoms with van der Waals surface area (Å²) in [6.45, 7) is 1.48. The summed E-state index contributed by atoms with van der Waals surface area (Å²) in [4.78, 5) is 10.2. The lowest BCUT2D eigenvalue weighted by Crippen LogP contribution is -2.21. The smallest absolute Gasteiger partial charge is 0.123 e. The third-order valence-corrected chi connectivity index (χ3v) is 1.93. The maximum atomic E-state index is 12.7. The maximum absolute atomic E-state index is 12.7. The minimum Gasteiger partial charge on any atom is -0.385 e. The van der Waals surface area contributed by atoms with Gasteiger partial charge in [-0.2, -0.15) is 0 Å². The molecule has 70 valence electrons. The number of aliphatic hydroxyl groups is 1. The lowest BCUT2D eigenvalue weighted by molar-refractivity contribution is -0.112. The average molecular weight is 182 g/mol. The molecule has 1 aromatic carbocycles. The Labute approximate surface area is 76.0 Å². The van der Waals surface area contributed by atoms with Crippen LogP contribution in [-0.4, -0.2) is 11.4 Å². The number of carbonyl (C=O) groups excluding carboxylic acids is 1. The lowest BCUT2D eigenvalue weighted by Gasteiger charge is -2.20. The van der Waals surface area contributed by atoms with E-state index in [9.17, 15) is 14.3 Å². The molecule has 0 amide bonds. The molecule has 0 saturated heterocycles. The van der Waals surface area contributed by atoms with Gasteiger partial charge in [0.1, 0.15) is 12.1 Å². The number of halogens is 1. The van der Waals surface area contributed by atoms with Crippen molar-refractivity contribution in [2.75, 3.05) is 0 Å². The van der Waals surface area contributed by atoms with Crippen LogP contribution < -0.4 is 0 Å². The van der Waals surface area contributed by atoms with E-state index >= 15 is 0 Å². The van der Waals surface area contributed by atoms with Crippen LogP contribution in [0.1, 0.15) is 18.9 Å². The molecule has 13 heavy (non-hydrogen) atoms. The molecule has 0 radical (unpaired) electrons. The first kappa shape index (κ1) is 9.86. The molecule has 2 nitrogen and oxygen atoms in total. The predicted octanol–water partition coefficient (Wildman–Crippen LogP) is 1.62. The van der Waals surface area contributed by atoms with Crippen molar-refractivity contribution in [3.05, 3.63) is 35.6 Å². The number of benzene rings is 1. The van der Waals surface area contributed by atoms with Crippen LogP contribution in [0.5, 0.6) is 0 Å². The van der Waals surface area contributed by atoms with Gasteiger partial charge in [-0.15, -0.1) is 0 Å². The fourth-order valence-corrected chi connectivity index (χ4v) is 1.10. The zero-order valence-corrected chi connectivity index (χ0v) is 7.33. The van der Waals surface area contributed by atoms with Gasteiger partial charge in [-0.05, 0) is 24.6 Å². The molecule has 0 spiro atoms. The van der Waals surface area contributed by atoms with Crippen LogP contribution in [0.3, 0.4) is 0 Å². The van der Waals surface area contributed by atoms with E-state index in [1.54, 1.807) is 6.07 Å². The third-order valence-electron chi connectivity index (χ3n) is 1.93. The molecule has 0 aliphatic rings. The van der Waals surface area contributed by atoms with Gasteiger partial charge in [0.2, 0.25) is 0 Å². The summed E-state index contributed by atoms with van der Waals surface area (Å²) >= 11 is 0. The summed E-state index contributed by atoms with van der Waals surface area (Å²) < 4.78 is 12.7. The molecule has 1 N–H and O–H groups in total. The number of hydrogen-bond donors (Lipinski definition) is 1. The van der Waals surface area contributed by atoms with Crippen molar-refractivity contribution in [1.29, 1.82) is 0 Å². The summed E-state index contributed by atoms with van der Waals surface area (Å²) in [6.07, 6.45) is 0.585. The SMILES string of the molecule is CC(O)(CC=O)c1cccc(F)c1. The largest absolute Gasteiger partial charge is 0.385 e. The third kappa shape index (κ3) is 2.36. The van der Waals surface area contributed by atoms with Crippen LogP contribution in [0.15, 0.2) is 24.3 Å². The zero-order valence-electron chi connectivity index (χ0n) is 7.33. The van der Waals surface area contributed by atoms with Crippen LogP contribution in [0.4, 0.5) is 4.39 Å². The van der Waals surface area contributed by atoms with Gasteiger partial charge in [0.25, 0.3) is 0 Å². The van der Waals surface area contributed by atoms with Crippen LogP contribution in [0.2, 0.25) is 0 Å². The lowest BCUT2D eigenvalue weighted by atomic mass is 9.93. The van der Waals surface area contributed by atoms with E-state index in [1.807, 2.05) is 0 Å². The Balaban J connectivity index is 2.99. The van der Waals surface area contributed by atoms with E-state index in [-0.39, 0.29) is 6.42 Å². The first-order chi connectivity index (χ1) is 6.06. The molecule has 1 aromatic rings. The molecule has 0 aromatic heterocycles. The predicted molar refractivity (Wildman–Crippen MR) is 46.7 cm³/mol. The highest BCUT2D eigenvalue weighted by Crippen LogP contribution is 2.23. The van der Waals surface area contributed by atoms with Crippen molar-refractivity contribution >= 4 is 6.29 Å². The van der Waals surface area contributed by atoms with E-state index in [1.165, 1.54) is 25.1 Å². The van der Waals surface area contributed by atoms with Gasteiger partial charge in [0.05, 0.1) is 5.60 Å². The fraction of sp³-hybridized carbons (Fsp3) is 0.300. The van der Waals surface area contributed by atoms with Crippen LogP contribution in [-0.2, 0) is 10.4 Å². The first-order valence-electron chi connectivity index (χ1n) is 3.98. The number of carbonyl (C=O) groups is 1. The highest BCUT2D eigenvalue weighted by molar-refractivity contribution is 5.52. The van der Waals surface area contributed by atoms with E-state index in [2.05, 4.69) is 0 Å². The minimum absolute atomic E-state index is 0.0313. The van der Waals surface area contributed by atoms with E-state index in [4.69, 9.17) is 0 Å². The highest BCUT2D eigenvalue weighted by Gasteiger charge is 2.22. The van der Waals surface area contributed by atoms with E-state index in [0.717, 1.165) is 0 Å². The van der Waals surface area contributed by atoms with Gasteiger partial charge >= 0.3 is 0 Å². The highest BCUT2D eigenvalue weighted by atomic mass is 19.1. The molecule has 0 aliphatic heterocycles. The molecule has 0 bridgehead atoms.